The number of carbonyl (C=O) groups excluding carboxylic acids is 1. The summed E-state index contributed by atoms with van der Waals surface area (Å²) >= 11 is 0. The van der Waals surface area contributed by atoms with E-state index in [1.54, 1.807) is 4.90 Å². The average molecular weight is 276 g/mol. The minimum absolute atomic E-state index is 0.281. The van der Waals surface area contributed by atoms with Gasteiger partial charge in [0.25, 0.3) is 0 Å². The Morgan fingerprint density at radius 1 is 1.25 bits per heavy atom. The van der Waals surface area contributed by atoms with Gasteiger partial charge in [0.1, 0.15) is 12.4 Å². The molecule has 1 fully saturated rings. The third-order valence-electron chi connectivity index (χ3n) is 4.05. The summed E-state index contributed by atoms with van der Waals surface area (Å²) in [6.07, 6.45) is 4.45. The lowest BCUT2D eigenvalue weighted by Crippen LogP contribution is -2.47. The SMILES string of the molecule is CC1CCC(N(CCOc2ccccc2)C(N)=O)CC1. The van der Waals surface area contributed by atoms with Crippen molar-refractivity contribution in [2.24, 2.45) is 11.7 Å². The maximum absolute atomic E-state index is 11.6. The van der Waals surface area contributed by atoms with E-state index >= 15 is 0 Å². The van der Waals surface area contributed by atoms with E-state index in [0.717, 1.165) is 24.5 Å². The van der Waals surface area contributed by atoms with E-state index in [9.17, 15) is 4.79 Å². The first kappa shape index (κ1) is 14.7. The third kappa shape index (κ3) is 4.15. The minimum atomic E-state index is -0.332. The fourth-order valence-electron chi connectivity index (χ4n) is 2.81. The van der Waals surface area contributed by atoms with Crippen LogP contribution in [0.4, 0.5) is 4.79 Å². The van der Waals surface area contributed by atoms with Gasteiger partial charge < -0.3 is 15.4 Å². The quantitative estimate of drug-likeness (QED) is 0.898. The van der Waals surface area contributed by atoms with Crippen molar-refractivity contribution in [3.05, 3.63) is 30.3 Å². The first-order chi connectivity index (χ1) is 9.66. The van der Waals surface area contributed by atoms with E-state index in [-0.39, 0.29) is 12.1 Å². The van der Waals surface area contributed by atoms with Crippen LogP contribution in [0.25, 0.3) is 0 Å². The monoisotopic (exact) mass is 276 g/mol. The number of carbonyl (C=O) groups is 1. The van der Waals surface area contributed by atoms with Crippen LogP contribution < -0.4 is 10.5 Å². The van der Waals surface area contributed by atoms with Crippen LogP contribution in [0.3, 0.4) is 0 Å². The van der Waals surface area contributed by atoms with Crippen molar-refractivity contribution in [3.8, 4) is 5.75 Å². The van der Waals surface area contributed by atoms with Gasteiger partial charge in [0.05, 0.1) is 6.54 Å². The molecule has 110 valence electrons. The zero-order chi connectivity index (χ0) is 14.4. The molecule has 0 bridgehead atoms. The maximum atomic E-state index is 11.6. The lowest BCUT2D eigenvalue weighted by Gasteiger charge is -2.35. The fraction of sp³-hybridized carbons (Fsp3) is 0.562. The van der Waals surface area contributed by atoms with Gasteiger partial charge >= 0.3 is 6.03 Å². The summed E-state index contributed by atoms with van der Waals surface area (Å²) in [6, 6.07) is 9.59. The molecule has 20 heavy (non-hydrogen) atoms. The summed E-state index contributed by atoms with van der Waals surface area (Å²) in [5.41, 5.74) is 5.51. The molecule has 0 spiro atoms. The second-order valence-electron chi connectivity index (χ2n) is 5.61. The van der Waals surface area contributed by atoms with Crippen LogP contribution in [0, 0.1) is 5.92 Å². The number of benzene rings is 1. The molecule has 0 aromatic heterocycles. The molecule has 2 rings (SSSR count). The molecule has 4 heteroatoms. The predicted octanol–water partition coefficient (Wildman–Crippen LogP) is 3.02. The van der Waals surface area contributed by atoms with E-state index < -0.39 is 0 Å². The molecule has 1 aromatic carbocycles. The smallest absolute Gasteiger partial charge is 0.315 e. The Morgan fingerprint density at radius 3 is 2.50 bits per heavy atom. The number of primary amides is 1. The number of hydrogen-bond donors (Lipinski definition) is 1. The van der Waals surface area contributed by atoms with Crippen molar-refractivity contribution < 1.29 is 9.53 Å². The Kier molecular flexibility index (Phi) is 5.27. The van der Waals surface area contributed by atoms with Crippen LogP contribution in [0.15, 0.2) is 30.3 Å². The zero-order valence-corrected chi connectivity index (χ0v) is 12.1. The second kappa shape index (κ2) is 7.17. The number of nitrogens with two attached hydrogens (primary N) is 1. The first-order valence-corrected chi connectivity index (χ1v) is 7.40. The van der Waals surface area contributed by atoms with Crippen LogP contribution >= 0.6 is 0 Å². The van der Waals surface area contributed by atoms with E-state index in [0.29, 0.717) is 13.2 Å². The Labute approximate surface area is 120 Å². The zero-order valence-electron chi connectivity index (χ0n) is 12.1. The third-order valence-corrected chi connectivity index (χ3v) is 4.05. The molecule has 0 aliphatic heterocycles. The molecule has 1 aliphatic rings. The highest BCUT2D eigenvalue weighted by molar-refractivity contribution is 5.72. The van der Waals surface area contributed by atoms with Gasteiger partial charge in [-0.25, -0.2) is 4.79 Å². The van der Waals surface area contributed by atoms with Crippen LogP contribution in [0.2, 0.25) is 0 Å². The molecule has 1 saturated carbocycles. The van der Waals surface area contributed by atoms with E-state index in [4.69, 9.17) is 10.5 Å². The van der Waals surface area contributed by atoms with Gasteiger partial charge in [-0.05, 0) is 43.7 Å². The molecule has 0 saturated heterocycles. The van der Waals surface area contributed by atoms with Crippen molar-refractivity contribution in [1.29, 1.82) is 0 Å². The highest BCUT2D eigenvalue weighted by Gasteiger charge is 2.26. The lowest BCUT2D eigenvalue weighted by molar-refractivity contribution is 0.137. The van der Waals surface area contributed by atoms with Gasteiger partial charge in [0.2, 0.25) is 0 Å². The number of nitrogens with zero attached hydrogens (tertiary/aromatic N) is 1. The van der Waals surface area contributed by atoms with E-state index in [2.05, 4.69) is 6.92 Å². The number of hydrogen-bond acceptors (Lipinski definition) is 2. The van der Waals surface area contributed by atoms with Crippen molar-refractivity contribution in [2.75, 3.05) is 13.2 Å². The highest BCUT2D eigenvalue weighted by atomic mass is 16.5. The molecule has 0 heterocycles. The van der Waals surface area contributed by atoms with Crippen molar-refractivity contribution in [2.45, 2.75) is 38.6 Å². The van der Waals surface area contributed by atoms with Gasteiger partial charge in [-0.2, -0.15) is 0 Å². The standard InChI is InChI=1S/C16H24N2O2/c1-13-7-9-14(10-8-13)18(16(17)19)11-12-20-15-5-3-2-4-6-15/h2-6,13-14H,7-12H2,1H3,(H2,17,19). The molecular formula is C16H24N2O2. The van der Waals surface area contributed by atoms with Crippen molar-refractivity contribution >= 4 is 6.03 Å². The first-order valence-electron chi connectivity index (χ1n) is 7.40. The Balaban J connectivity index is 1.82. The van der Waals surface area contributed by atoms with Gasteiger partial charge in [-0.1, -0.05) is 25.1 Å². The van der Waals surface area contributed by atoms with Gasteiger partial charge in [-0.15, -0.1) is 0 Å². The summed E-state index contributed by atoms with van der Waals surface area (Å²) in [4.78, 5) is 13.4. The predicted molar refractivity (Wildman–Crippen MR) is 79.6 cm³/mol. The maximum Gasteiger partial charge on any atom is 0.315 e. The Hall–Kier alpha value is -1.71. The topological polar surface area (TPSA) is 55.6 Å². The van der Waals surface area contributed by atoms with Crippen molar-refractivity contribution in [1.82, 2.24) is 4.90 Å². The number of para-hydroxylation sites is 1. The average Bonchev–Trinajstić information content (AvgIpc) is 2.46. The molecular weight excluding hydrogens is 252 g/mol. The summed E-state index contributed by atoms with van der Waals surface area (Å²) in [5, 5.41) is 0. The summed E-state index contributed by atoms with van der Waals surface area (Å²) < 4.78 is 5.65. The highest BCUT2D eigenvalue weighted by Crippen LogP contribution is 2.26. The Morgan fingerprint density at radius 2 is 1.90 bits per heavy atom. The molecule has 2 N–H and O–H groups in total. The number of amides is 2. The van der Waals surface area contributed by atoms with Crippen molar-refractivity contribution in [3.63, 3.8) is 0 Å². The van der Waals surface area contributed by atoms with Crippen LogP contribution in [0.5, 0.6) is 5.75 Å². The van der Waals surface area contributed by atoms with Gasteiger partial charge in [0.15, 0.2) is 0 Å². The number of rotatable bonds is 5. The molecule has 4 nitrogen and oxygen atoms in total. The molecule has 1 aliphatic carbocycles. The van der Waals surface area contributed by atoms with Crippen LogP contribution in [-0.2, 0) is 0 Å². The van der Waals surface area contributed by atoms with E-state index in [1.165, 1.54) is 12.8 Å². The summed E-state index contributed by atoms with van der Waals surface area (Å²) in [7, 11) is 0. The van der Waals surface area contributed by atoms with Crippen LogP contribution in [-0.4, -0.2) is 30.1 Å². The number of ether oxygens (including phenoxy) is 1. The summed E-state index contributed by atoms with van der Waals surface area (Å²) in [6.45, 7) is 3.31. The normalized spacial score (nSPS) is 22.2. The van der Waals surface area contributed by atoms with Gasteiger partial charge in [0, 0.05) is 6.04 Å². The van der Waals surface area contributed by atoms with E-state index in [1.807, 2.05) is 30.3 Å². The minimum Gasteiger partial charge on any atom is -0.492 e. The fourth-order valence-corrected chi connectivity index (χ4v) is 2.81. The molecule has 1 aromatic rings. The molecule has 0 unspecified atom stereocenters. The van der Waals surface area contributed by atoms with Crippen LogP contribution in [0.1, 0.15) is 32.6 Å². The summed E-state index contributed by atoms with van der Waals surface area (Å²) in [5.74, 6) is 1.59. The molecule has 0 atom stereocenters. The molecule has 2 amide bonds. The largest absolute Gasteiger partial charge is 0.492 e. The number of urea groups is 1. The lowest BCUT2D eigenvalue weighted by atomic mass is 9.86. The molecule has 0 radical (unpaired) electrons. The van der Waals surface area contributed by atoms with Gasteiger partial charge in [-0.3, -0.25) is 0 Å². The Bertz CT molecular complexity index is 414. The second-order valence-corrected chi connectivity index (χ2v) is 5.61.